The highest BCUT2D eigenvalue weighted by molar-refractivity contribution is 7.80. The van der Waals surface area contributed by atoms with Gasteiger partial charge in [-0.1, -0.05) is 31.6 Å². The standard InChI is InChI=1S/C14H16N2OS2/c1-2-3-8-16-11(12-5-4-9-19-12)7-6-10(13(15)18)14(16)17/h4-7,9H,2-3,8H2,1H3,(H2,15,18). The molecule has 2 N–H and O–H groups in total. The zero-order valence-electron chi connectivity index (χ0n) is 10.8. The Balaban J connectivity index is 2.58. The molecule has 0 aliphatic heterocycles. The number of unbranched alkanes of at least 4 members (excludes halogenated alkanes) is 1. The second kappa shape index (κ2) is 6.12. The van der Waals surface area contributed by atoms with Crippen molar-refractivity contribution >= 4 is 28.5 Å². The number of nitrogens with two attached hydrogens (primary N) is 1. The molecule has 0 amide bonds. The lowest BCUT2D eigenvalue weighted by Gasteiger charge is -2.13. The van der Waals surface area contributed by atoms with Gasteiger partial charge in [0.25, 0.3) is 5.56 Å². The predicted molar refractivity (Wildman–Crippen MR) is 84.8 cm³/mol. The number of pyridine rings is 1. The van der Waals surface area contributed by atoms with Gasteiger partial charge in [0.15, 0.2) is 0 Å². The maximum atomic E-state index is 12.4. The first kappa shape index (κ1) is 14.0. The van der Waals surface area contributed by atoms with Crippen LogP contribution in [0.3, 0.4) is 0 Å². The van der Waals surface area contributed by atoms with E-state index in [9.17, 15) is 4.79 Å². The highest BCUT2D eigenvalue weighted by Gasteiger charge is 2.12. The van der Waals surface area contributed by atoms with Crippen molar-refractivity contribution in [2.45, 2.75) is 26.3 Å². The molecule has 2 heterocycles. The second-order valence-electron chi connectivity index (χ2n) is 4.28. The van der Waals surface area contributed by atoms with E-state index in [1.807, 2.05) is 23.6 Å². The van der Waals surface area contributed by atoms with E-state index < -0.39 is 0 Å². The summed E-state index contributed by atoms with van der Waals surface area (Å²) in [6.07, 6.45) is 1.99. The largest absolute Gasteiger partial charge is 0.389 e. The van der Waals surface area contributed by atoms with Gasteiger partial charge in [-0.2, -0.15) is 0 Å². The molecule has 0 bridgehead atoms. The number of nitrogens with zero attached hydrogens (tertiary/aromatic N) is 1. The summed E-state index contributed by atoms with van der Waals surface area (Å²) in [4.78, 5) is 13.7. The summed E-state index contributed by atoms with van der Waals surface area (Å²) in [6, 6.07) is 7.65. The molecule has 0 aliphatic carbocycles. The minimum Gasteiger partial charge on any atom is -0.389 e. The molecule has 0 aromatic carbocycles. The molecule has 0 spiro atoms. The Morgan fingerprint density at radius 3 is 2.79 bits per heavy atom. The SMILES string of the molecule is CCCCn1c(-c2cccs2)ccc(C(N)=S)c1=O. The van der Waals surface area contributed by atoms with Crippen molar-refractivity contribution in [1.29, 1.82) is 0 Å². The molecule has 2 aromatic heterocycles. The number of hydrogen-bond donors (Lipinski definition) is 1. The van der Waals surface area contributed by atoms with Crippen LogP contribution in [-0.2, 0) is 6.54 Å². The van der Waals surface area contributed by atoms with Crippen LogP contribution in [0.1, 0.15) is 25.3 Å². The summed E-state index contributed by atoms with van der Waals surface area (Å²) in [5.74, 6) is 0. The zero-order valence-corrected chi connectivity index (χ0v) is 12.4. The van der Waals surface area contributed by atoms with Gasteiger partial charge in [0.1, 0.15) is 4.99 Å². The molecule has 0 unspecified atom stereocenters. The molecule has 0 radical (unpaired) electrons. The van der Waals surface area contributed by atoms with E-state index in [1.54, 1.807) is 22.0 Å². The number of aromatic nitrogens is 1. The van der Waals surface area contributed by atoms with Crippen LogP contribution in [-0.4, -0.2) is 9.56 Å². The van der Waals surface area contributed by atoms with Gasteiger partial charge < -0.3 is 10.3 Å². The van der Waals surface area contributed by atoms with Gasteiger partial charge >= 0.3 is 0 Å². The summed E-state index contributed by atoms with van der Waals surface area (Å²) in [5.41, 5.74) is 6.87. The monoisotopic (exact) mass is 292 g/mol. The smallest absolute Gasteiger partial charge is 0.261 e. The fourth-order valence-corrected chi connectivity index (χ4v) is 2.86. The average Bonchev–Trinajstić information content (AvgIpc) is 2.90. The van der Waals surface area contributed by atoms with E-state index in [0.29, 0.717) is 12.1 Å². The number of rotatable bonds is 5. The molecule has 19 heavy (non-hydrogen) atoms. The summed E-state index contributed by atoms with van der Waals surface area (Å²) in [7, 11) is 0. The van der Waals surface area contributed by atoms with Crippen molar-refractivity contribution in [1.82, 2.24) is 4.57 Å². The van der Waals surface area contributed by atoms with Gasteiger partial charge in [-0.25, -0.2) is 0 Å². The summed E-state index contributed by atoms with van der Waals surface area (Å²) in [5, 5.41) is 2.01. The Morgan fingerprint density at radius 2 is 2.21 bits per heavy atom. The first-order chi connectivity index (χ1) is 9.15. The minimum absolute atomic E-state index is 0.0909. The summed E-state index contributed by atoms with van der Waals surface area (Å²) in [6.45, 7) is 2.80. The van der Waals surface area contributed by atoms with Crippen LogP contribution in [0.25, 0.3) is 10.6 Å². The van der Waals surface area contributed by atoms with E-state index in [0.717, 1.165) is 23.4 Å². The van der Waals surface area contributed by atoms with E-state index in [1.165, 1.54) is 0 Å². The van der Waals surface area contributed by atoms with E-state index in [2.05, 4.69) is 6.92 Å². The number of hydrogen-bond acceptors (Lipinski definition) is 3. The molecule has 0 fully saturated rings. The van der Waals surface area contributed by atoms with Crippen LogP contribution in [0.15, 0.2) is 34.4 Å². The van der Waals surface area contributed by atoms with Gasteiger partial charge in [0, 0.05) is 6.54 Å². The van der Waals surface area contributed by atoms with Crippen LogP contribution in [0, 0.1) is 0 Å². The Kier molecular flexibility index (Phi) is 4.50. The maximum Gasteiger partial charge on any atom is 0.261 e. The lowest BCUT2D eigenvalue weighted by atomic mass is 10.2. The Morgan fingerprint density at radius 1 is 1.42 bits per heavy atom. The third-order valence-corrected chi connectivity index (χ3v) is 4.06. The Labute approximate surface area is 121 Å². The maximum absolute atomic E-state index is 12.4. The fourth-order valence-electron chi connectivity index (χ4n) is 1.94. The van der Waals surface area contributed by atoms with Crippen molar-refractivity contribution in [2.24, 2.45) is 5.73 Å². The molecule has 100 valence electrons. The van der Waals surface area contributed by atoms with Crippen LogP contribution in [0.4, 0.5) is 0 Å². The van der Waals surface area contributed by atoms with Crippen molar-refractivity contribution < 1.29 is 0 Å². The lowest BCUT2D eigenvalue weighted by Crippen LogP contribution is -2.29. The topological polar surface area (TPSA) is 48.0 Å². The molecule has 5 heteroatoms. The van der Waals surface area contributed by atoms with E-state index in [4.69, 9.17) is 18.0 Å². The second-order valence-corrected chi connectivity index (χ2v) is 5.67. The Hall–Kier alpha value is -1.46. The van der Waals surface area contributed by atoms with E-state index >= 15 is 0 Å². The first-order valence-corrected chi connectivity index (χ1v) is 7.51. The third-order valence-electron chi connectivity index (χ3n) is 2.95. The molecular weight excluding hydrogens is 276 g/mol. The van der Waals surface area contributed by atoms with Gasteiger partial charge in [0.05, 0.1) is 16.1 Å². The lowest BCUT2D eigenvalue weighted by molar-refractivity contribution is 0.618. The molecule has 0 atom stereocenters. The normalized spacial score (nSPS) is 10.6. The summed E-state index contributed by atoms with van der Waals surface area (Å²) < 4.78 is 1.78. The molecule has 3 nitrogen and oxygen atoms in total. The number of thiocarbonyl (C=S) groups is 1. The third kappa shape index (κ3) is 2.93. The predicted octanol–water partition coefficient (Wildman–Crippen LogP) is 3.01. The first-order valence-electron chi connectivity index (χ1n) is 6.22. The van der Waals surface area contributed by atoms with Gasteiger partial charge in [0.2, 0.25) is 0 Å². The van der Waals surface area contributed by atoms with Crippen LogP contribution >= 0.6 is 23.6 Å². The molecule has 0 saturated carbocycles. The molecule has 0 saturated heterocycles. The van der Waals surface area contributed by atoms with E-state index in [-0.39, 0.29) is 10.5 Å². The van der Waals surface area contributed by atoms with Gasteiger partial charge in [-0.15, -0.1) is 11.3 Å². The Bertz CT molecular complexity index is 629. The minimum atomic E-state index is -0.0909. The molecule has 2 rings (SSSR count). The molecule has 2 aromatic rings. The van der Waals surface area contributed by atoms with Crippen LogP contribution in [0.2, 0.25) is 0 Å². The molecular formula is C14H16N2OS2. The van der Waals surface area contributed by atoms with Crippen molar-refractivity contribution in [3.8, 4) is 10.6 Å². The highest BCUT2D eigenvalue weighted by atomic mass is 32.1. The highest BCUT2D eigenvalue weighted by Crippen LogP contribution is 2.24. The number of thiophene rings is 1. The average molecular weight is 292 g/mol. The zero-order chi connectivity index (χ0) is 13.8. The fraction of sp³-hybridized carbons (Fsp3) is 0.286. The van der Waals surface area contributed by atoms with Crippen molar-refractivity contribution in [2.75, 3.05) is 0 Å². The van der Waals surface area contributed by atoms with Crippen molar-refractivity contribution in [3.63, 3.8) is 0 Å². The quantitative estimate of drug-likeness (QED) is 0.862. The van der Waals surface area contributed by atoms with Gasteiger partial charge in [-0.3, -0.25) is 4.79 Å². The van der Waals surface area contributed by atoms with Crippen LogP contribution < -0.4 is 11.3 Å². The molecule has 0 aliphatic rings. The summed E-state index contributed by atoms with van der Waals surface area (Å²) >= 11 is 6.55. The van der Waals surface area contributed by atoms with Crippen molar-refractivity contribution in [3.05, 3.63) is 45.6 Å². The van der Waals surface area contributed by atoms with Gasteiger partial charge in [-0.05, 0) is 30.0 Å². The van der Waals surface area contributed by atoms with Crippen LogP contribution in [0.5, 0.6) is 0 Å².